The van der Waals surface area contributed by atoms with Crippen molar-refractivity contribution < 1.29 is 9.22 Å². The van der Waals surface area contributed by atoms with E-state index in [2.05, 4.69) is 85.2 Å². The highest BCUT2D eigenvalue weighted by atomic mass is 28.4. The molecule has 0 saturated carbocycles. The van der Waals surface area contributed by atoms with Crippen LogP contribution in [0.3, 0.4) is 0 Å². The number of nitrogens with zero attached hydrogens (tertiary/aromatic N) is 3. The summed E-state index contributed by atoms with van der Waals surface area (Å²) in [5, 5.41) is 3.04. The highest BCUT2D eigenvalue weighted by Crippen LogP contribution is 2.37. The Morgan fingerprint density at radius 3 is 2.26 bits per heavy atom. The van der Waals surface area contributed by atoms with Crippen LogP contribution >= 0.6 is 0 Å². The SMILES string of the molecule is Cc1ccc(N2CCN(CC(=O)Nc3ccc(O[Si](C)(C)C(C)(C)C)cn3)CC2)cc1. The lowest BCUT2D eigenvalue weighted by molar-refractivity contribution is -0.117. The number of aryl methyl sites for hydroxylation is 1. The van der Waals surface area contributed by atoms with Crippen molar-refractivity contribution in [3.63, 3.8) is 0 Å². The number of anilines is 2. The molecule has 1 fully saturated rings. The van der Waals surface area contributed by atoms with Crippen molar-refractivity contribution in [3.8, 4) is 5.75 Å². The van der Waals surface area contributed by atoms with Crippen molar-refractivity contribution in [2.24, 2.45) is 0 Å². The van der Waals surface area contributed by atoms with Crippen molar-refractivity contribution >= 4 is 25.7 Å². The fourth-order valence-electron chi connectivity index (χ4n) is 3.27. The highest BCUT2D eigenvalue weighted by Gasteiger charge is 2.39. The molecule has 2 aromatic rings. The lowest BCUT2D eigenvalue weighted by Gasteiger charge is -2.36. The van der Waals surface area contributed by atoms with Gasteiger partial charge in [0, 0.05) is 31.9 Å². The molecule has 1 aromatic carbocycles. The third kappa shape index (κ3) is 6.30. The molecule has 7 heteroatoms. The average Bonchev–Trinajstić information content (AvgIpc) is 2.70. The van der Waals surface area contributed by atoms with E-state index in [1.165, 1.54) is 11.3 Å². The molecule has 0 radical (unpaired) electrons. The van der Waals surface area contributed by atoms with Gasteiger partial charge in [-0.15, -0.1) is 0 Å². The second-order valence-corrected chi connectivity index (χ2v) is 14.6. The Morgan fingerprint density at radius 2 is 1.71 bits per heavy atom. The van der Waals surface area contributed by atoms with E-state index in [0.717, 1.165) is 31.9 Å². The Morgan fingerprint density at radius 1 is 1.06 bits per heavy atom. The molecule has 3 rings (SSSR count). The molecule has 1 amide bonds. The number of rotatable bonds is 6. The summed E-state index contributed by atoms with van der Waals surface area (Å²) in [6.07, 6.45) is 1.70. The maximum absolute atomic E-state index is 12.5. The fourth-order valence-corrected chi connectivity index (χ4v) is 4.28. The summed E-state index contributed by atoms with van der Waals surface area (Å²) in [5.74, 6) is 1.29. The number of nitrogens with one attached hydrogen (secondary N) is 1. The Hall–Kier alpha value is -2.38. The molecular formula is C24H36N4O2Si. The zero-order chi connectivity index (χ0) is 22.6. The van der Waals surface area contributed by atoms with Gasteiger partial charge in [-0.1, -0.05) is 38.5 Å². The number of hydrogen-bond donors (Lipinski definition) is 1. The maximum atomic E-state index is 12.5. The number of piperazine rings is 1. The van der Waals surface area contributed by atoms with Crippen molar-refractivity contribution in [3.05, 3.63) is 48.2 Å². The lowest BCUT2D eigenvalue weighted by Crippen LogP contribution is -2.48. The van der Waals surface area contributed by atoms with E-state index in [1.807, 2.05) is 12.1 Å². The summed E-state index contributed by atoms with van der Waals surface area (Å²) in [6, 6.07) is 12.3. The monoisotopic (exact) mass is 440 g/mol. The van der Waals surface area contributed by atoms with Gasteiger partial charge in [0.1, 0.15) is 11.6 Å². The zero-order valence-electron chi connectivity index (χ0n) is 19.7. The molecule has 0 aliphatic carbocycles. The Bertz CT molecular complexity index is 868. The van der Waals surface area contributed by atoms with Gasteiger partial charge in [-0.3, -0.25) is 9.69 Å². The minimum absolute atomic E-state index is 0.0330. The molecule has 1 saturated heterocycles. The standard InChI is InChI=1S/C24H36N4O2Si/c1-19-7-9-20(10-8-19)28-15-13-27(14-16-28)18-23(29)26-22-12-11-21(17-25-22)30-31(5,6)24(2,3)4/h7-12,17H,13-16,18H2,1-6H3,(H,25,26,29). The van der Waals surface area contributed by atoms with Crippen molar-refractivity contribution in [2.75, 3.05) is 42.9 Å². The zero-order valence-corrected chi connectivity index (χ0v) is 20.7. The molecule has 0 atom stereocenters. The number of carbonyl (C=O) groups excluding carboxylic acids is 1. The van der Waals surface area contributed by atoms with Gasteiger partial charge in [-0.25, -0.2) is 4.98 Å². The molecule has 2 heterocycles. The molecule has 1 N–H and O–H groups in total. The summed E-state index contributed by atoms with van der Waals surface area (Å²) in [6.45, 7) is 17.1. The molecule has 1 aliphatic rings. The first-order chi connectivity index (χ1) is 14.5. The van der Waals surface area contributed by atoms with Gasteiger partial charge in [-0.2, -0.15) is 0 Å². The molecule has 31 heavy (non-hydrogen) atoms. The molecule has 6 nitrogen and oxygen atoms in total. The number of carbonyl (C=O) groups is 1. The molecule has 0 spiro atoms. The predicted molar refractivity (Wildman–Crippen MR) is 131 cm³/mol. The lowest BCUT2D eigenvalue weighted by atomic mass is 10.2. The average molecular weight is 441 g/mol. The van der Waals surface area contributed by atoms with Crippen LogP contribution in [0.25, 0.3) is 0 Å². The molecule has 1 aromatic heterocycles. The van der Waals surface area contributed by atoms with Crippen LogP contribution in [0, 0.1) is 6.92 Å². The predicted octanol–water partition coefficient (Wildman–Crippen LogP) is 4.53. The largest absolute Gasteiger partial charge is 0.542 e. The summed E-state index contributed by atoms with van der Waals surface area (Å²) < 4.78 is 6.25. The third-order valence-corrected chi connectivity index (χ3v) is 10.7. The normalized spacial score (nSPS) is 15.6. The van der Waals surface area contributed by atoms with E-state index in [1.54, 1.807) is 6.20 Å². The van der Waals surface area contributed by atoms with Crippen LogP contribution in [-0.4, -0.2) is 56.8 Å². The van der Waals surface area contributed by atoms with Crippen molar-refractivity contribution in [1.29, 1.82) is 0 Å². The van der Waals surface area contributed by atoms with E-state index in [-0.39, 0.29) is 10.9 Å². The number of pyridine rings is 1. The molecule has 168 valence electrons. The van der Waals surface area contributed by atoms with Gasteiger partial charge in [0.15, 0.2) is 0 Å². The fraction of sp³-hybridized carbons (Fsp3) is 0.500. The molecule has 0 bridgehead atoms. The van der Waals surface area contributed by atoms with E-state index >= 15 is 0 Å². The van der Waals surface area contributed by atoms with Crippen LogP contribution in [0.2, 0.25) is 18.1 Å². The minimum Gasteiger partial charge on any atom is -0.542 e. The summed E-state index contributed by atoms with van der Waals surface area (Å²) >= 11 is 0. The van der Waals surface area contributed by atoms with Crippen LogP contribution in [0.15, 0.2) is 42.6 Å². The van der Waals surface area contributed by atoms with Crippen LogP contribution in [0.1, 0.15) is 26.3 Å². The minimum atomic E-state index is -1.90. The van der Waals surface area contributed by atoms with Crippen molar-refractivity contribution in [2.45, 2.75) is 45.8 Å². The second-order valence-electron chi connectivity index (χ2n) is 9.89. The first-order valence-electron chi connectivity index (χ1n) is 11.0. The van der Waals surface area contributed by atoms with Crippen LogP contribution in [0.5, 0.6) is 5.75 Å². The van der Waals surface area contributed by atoms with E-state index in [0.29, 0.717) is 12.4 Å². The van der Waals surface area contributed by atoms with Gasteiger partial charge in [0.25, 0.3) is 8.32 Å². The van der Waals surface area contributed by atoms with Gasteiger partial charge in [0.05, 0.1) is 12.7 Å². The first kappa shape index (κ1) is 23.3. The number of benzene rings is 1. The number of amides is 1. The summed E-state index contributed by atoms with van der Waals surface area (Å²) in [7, 11) is -1.90. The highest BCUT2D eigenvalue weighted by molar-refractivity contribution is 6.74. The van der Waals surface area contributed by atoms with Crippen LogP contribution < -0.4 is 14.6 Å². The third-order valence-electron chi connectivity index (χ3n) is 6.32. The topological polar surface area (TPSA) is 57.7 Å². The molecule has 0 unspecified atom stereocenters. The van der Waals surface area contributed by atoms with Crippen molar-refractivity contribution in [1.82, 2.24) is 9.88 Å². The quantitative estimate of drug-likeness (QED) is 0.669. The molecular weight excluding hydrogens is 404 g/mol. The first-order valence-corrected chi connectivity index (χ1v) is 13.9. The van der Waals surface area contributed by atoms with E-state index in [9.17, 15) is 4.79 Å². The van der Waals surface area contributed by atoms with E-state index in [4.69, 9.17) is 4.43 Å². The Kier molecular flexibility index (Phi) is 7.06. The number of hydrogen-bond acceptors (Lipinski definition) is 5. The van der Waals surface area contributed by atoms with Crippen LogP contribution in [-0.2, 0) is 4.79 Å². The second kappa shape index (κ2) is 9.40. The Labute approximate surface area is 187 Å². The Balaban J connectivity index is 1.46. The summed E-state index contributed by atoms with van der Waals surface area (Å²) in [4.78, 5) is 21.4. The van der Waals surface area contributed by atoms with Gasteiger partial charge < -0.3 is 14.6 Å². The maximum Gasteiger partial charge on any atom is 0.250 e. The summed E-state index contributed by atoms with van der Waals surface area (Å²) in [5.41, 5.74) is 2.52. The molecule has 1 aliphatic heterocycles. The van der Waals surface area contributed by atoms with Gasteiger partial charge in [0.2, 0.25) is 5.91 Å². The smallest absolute Gasteiger partial charge is 0.250 e. The van der Waals surface area contributed by atoms with Crippen LogP contribution in [0.4, 0.5) is 11.5 Å². The van der Waals surface area contributed by atoms with Gasteiger partial charge >= 0.3 is 0 Å². The van der Waals surface area contributed by atoms with Gasteiger partial charge in [-0.05, 0) is 49.3 Å². The number of aromatic nitrogens is 1. The van der Waals surface area contributed by atoms with E-state index < -0.39 is 8.32 Å².